The van der Waals surface area contributed by atoms with Gasteiger partial charge in [-0.3, -0.25) is 14.9 Å². The SMILES string of the molecule is COCCCCC(=O)Nc1ncc(Oc2cc(I)c(OC)cc2C(C)C)c(C(N)=O)n1. The Balaban J connectivity index is 2.25. The van der Waals surface area contributed by atoms with Gasteiger partial charge in [0.05, 0.1) is 16.9 Å². The van der Waals surface area contributed by atoms with Crippen LogP contribution in [0, 0.1) is 3.57 Å². The van der Waals surface area contributed by atoms with Crippen molar-refractivity contribution in [1.29, 1.82) is 0 Å². The zero-order valence-corrected chi connectivity index (χ0v) is 20.2. The first kappa shape index (κ1) is 24.8. The van der Waals surface area contributed by atoms with Crippen LogP contribution >= 0.6 is 22.6 Å². The number of aromatic nitrogens is 2. The number of hydrogen-bond acceptors (Lipinski definition) is 7. The van der Waals surface area contributed by atoms with Crippen LogP contribution < -0.4 is 20.5 Å². The second-order valence-electron chi connectivity index (χ2n) is 7.05. The van der Waals surface area contributed by atoms with E-state index in [4.69, 9.17) is 19.9 Å². The maximum atomic E-state index is 12.1. The zero-order chi connectivity index (χ0) is 23.0. The predicted molar refractivity (Wildman–Crippen MR) is 125 cm³/mol. The van der Waals surface area contributed by atoms with Gasteiger partial charge in [-0.2, -0.15) is 0 Å². The minimum Gasteiger partial charge on any atom is -0.496 e. The molecule has 9 nitrogen and oxygen atoms in total. The third-order valence-corrected chi connectivity index (χ3v) is 5.21. The van der Waals surface area contributed by atoms with Gasteiger partial charge in [-0.15, -0.1) is 0 Å². The summed E-state index contributed by atoms with van der Waals surface area (Å²) in [7, 11) is 3.21. The number of primary amides is 1. The Labute approximate surface area is 195 Å². The first-order chi connectivity index (χ1) is 14.8. The third-order valence-electron chi connectivity index (χ3n) is 4.37. The molecule has 0 aliphatic rings. The lowest BCUT2D eigenvalue weighted by atomic mass is 10.0. The third kappa shape index (κ3) is 7.03. The molecular weight excluding hydrogens is 515 g/mol. The molecule has 0 atom stereocenters. The van der Waals surface area contributed by atoms with Crippen LogP contribution in [-0.2, 0) is 9.53 Å². The van der Waals surface area contributed by atoms with E-state index in [9.17, 15) is 9.59 Å². The van der Waals surface area contributed by atoms with Crippen LogP contribution in [0.1, 0.15) is 55.1 Å². The van der Waals surface area contributed by atoms with Gasteiger partial charge < -0.3 is 19.9 Å². The Morgan fingerprint density at radius 1 is 1.16 bits per heavy atom. The number of nitrogens with two attached hydrogens (primary N) is 1. The molecule has 168 valence electrons. The fourth-order valence-electron chi connectivity index (χ4n) is 2.77. The molecule has 0 spiro atoms. The van der Waals surface area contributed by atoms with Crippen LogP contribution in [0.3, 0.4) is 0 Å². The molecule has 0 saturated carbocycles. The van der Waals surface area contributed by atoms with E-state index in [-0.39, 0.29) is 29.2 Å². The normalized spacial score (nSPS) is 10.8. The number of carbonyl (C=O) groups excluding carboxylic acids is 2. The minimum atomic E-state index is -0.790. The van der Waals surface area contributed by atoms with Crippen LogP contribution in [0.25, 0.3) is 0 Å². The van der Waals surface area contributed by atoms with E-state index in [0.717, 1.165) is 21.3 Å². The highest BCUT2D eigenvalue weighted by atomic mass is 127. The van der Waals surface area contributed by atoms with E-state index in [1.54, 1.807) is 14.2 Å². The van der Waals surface area contributed by atoms with Crippen LogP contribution in [0.5, 0.6) is 17.2 Å². The molecule has 0 aliphatic carbocycles. The van der Waals surface area contributed by atoms with Crippen molar-refractivity contribution >= 4 is 40.4 Å². The summed E-state index contributed by atoms with van der Waals surface area (Å²) >= 11 is 2.14. The Kier molecular flexibility index (Phi) is 9.44. The van der Waals surface area contributed by atoms with Gasteiger partial charge in [0.1, 0.15) is 11.5 Å². The minimum absolute atomic E-state index is 0.00807. The molecule has 0 aliphatic heterocycles. The Morgan fingerprint density at radius 2 is 1.90 bits per heavy atom. The first-order valence-corrected chi connectivity index (χ1v) is 10.9. The van der Waals surface area contributed by atoms with Gasteiger partial charge in [0, 0.05) is 25.7 Å². The lowest BCUT2D eigenvalue weighted by Crippen LogP contribution is -2.19. The number of ether oxygens (including phenoxy) is 3. The summed E-state index contributed by atoms with van der Waals surface area (Å²) in [6, 6.07) is 3.71. The number of amides is 2. The summed E-state index contributed by atoms with van der Waals surface area (Å²) in [5.74, 6) is 0.456. The predicted octanol–water partition coefficient (Wildman–Crippen LogP) is 3.86. The fraction of sp³-hybridized carbons (Fsp3) is 0.429. The molecule has 1 aromatic heterocycles. The van der Waals surface area contributed by atoms with Crippen molar-refractivity contribution in [2.75, 3.05) is 26.1 Å². The fourth-order valence-corrected chi connectivity index (χ4v) is 3.43. The zero-order valence-electron chi connectivity index (χ0n) is 18.0. The van der Waals surface area contributed by atoms with E-state index in [0.29, 0.717) is 25.2 Å². The number of methoxy groups -OCH3 is 2. The van der Waals surface area contributed by atoms with Crippen molar-refractivity contribution in [3.63, 3.8) is 0 Å². The van der Waals surface area contributed by atoms with Crippen molar-refractivity contribution in [2.24, 2.45) is 5.73 Å². The maximum Gasteiger partial charge on any atom is 0.271 e. The summed E-state index contributed by atoms with van der Waals surface area (Å²) in [6.07, 6.45) is 3.05. The van der Waals surface area contributed by atoms with Crippen molar-refractivity contribution < 1.29 is 23.8 Å². The summed E-state index contributed by atoms with van der Waals surface area (Å²) in [6.45, 7) is 4.63. The highest BCUT2D eigenvalue weighted by Gasteiger charge is 2.19. The first-order valence-electron chi connectivity index (χ1n) is 9.77. The highest BCUT2D eigenvalue weighted by Crippen LogP contribution is 2.37. The van der Waals surface area contributed by atoms with E-state index in [1.807, 2.05) is 26.0 Å². The van der Waals surface area contributed by atoms with Crippen molar-refractivity contribution in [3.8, 4) is 17.2 Å². The number of rotatable bonds is 11. The maximum absolute atomic E-state index is 12.1. The second kappa shape index (κ2) is 11.8. The van der Waals surface area contributed by atoms with E-state index < -0.39 is 5.91 Å². The lowest BCUT2D eigenvalue weighted by molar-refractivity contribution is -0.116. The molecule has 1 aromatic carbocycles. The Bertz CT molecular complexity index is 936. The molecule has 1 heterocycles. The Morgan fingerprint density at radius 3 is 2.52 bits per heavy atom. The number of hydrogen-bond donors (Lipinski definition) is 2. The smallest absolute Gasteiger partial charge is 0.271 e. The molecule has 0 unspecified atom stereocenters. The highest BCUT2D eigenvalue weighted by molar-refractivity contribution is 14.1. The van der Waals surface area contributed by atoms with Crippen LogP contribution in [0.2, 0.25) is 0 Å². The van der Waals surface area contributed by atoms with Gasteiger partial charge in [0.15, 0.2) is 11.4 Å². The molecule has 0 radical (unpaired) electrons. The number of halogens is 1. The molecule has 0 fully saturated rings. The largest absolute Gasteiger partial charge is 0.496 e. The number of benzene rings is 1. The molecule has 0 saturated heterocycles. The van der Waals surface area contributed by atoms with Gasteiger partial charge in [0.2, 0.25) is 11.9 Å². The molecule has 0 bridgehead atoms. The molecule has 2 rings (SSSR count). The molecule has 10 heteroatoms. The van der Waals surface area contributed by atoms with Crippen molar-refractivity contribution in [3.05, 3.63) is 33.2 Å². The van der Waals surface area contributed by atoms with Crippen LogP contribution in [0.4, 0.5) is 5.95 Å². The number of carbonyl (C=O) groups is 2. The lowest BCUT2D eigenvalue weighted by Gasteiger charge is -2.17. The summed E-state index contributed by atoms with van der Waals surface area (Å²) in [5, 5.41) is 2.58. The van der Waals surface area contributed by atoms with Gasteiger partial charge in [0.25, 0.3) is 5.91 Å². The average Bonchev–Trinajstić information content (AvgIpc) is 2.72. The van der Waals surface area contributed by atoms with Crippen LogP contribution in [0.15, 0.2) is 18.3 Å². The number of nitrogens with one attached hydrogen (secondary N) is 1. The summed E-state index contributed by atoms with van der Waals surface area (Å²) < 4.78 is 17.2. The average molecular weight is 542 g/mol. The number of nitrogens with zero attached hydrogens (tertiary/aromatic N) is 2. The quantitative estimate of drug-likeness (QED) is 0.326. The van der Waals surface area contributed by atoms with Crippen molar-refractivity contribution in [2.45, 2.75) is 39.0 Å². The van der Waals surface area contributed by atoms with Gasteiger partial charge in [-0.05, 0) is 53.5 Å². The van der Waals surface area contributed by atoms with Gasteiger partial charge in [-0.25, -0.2) is 9.97 Å². The van der Waals surface area contributed by atoms with Crippen LogP contribution in [-0.4, -0.2) is 42.6 Å². The van der Waals surface area contributed by atoms with Crippen molar-refractivity contribution in [1.82, 2.24) is 9.97 Å². The standard InChI is InChI=1S/C21H27IN4O5/c1-12(2)13-9-16(30-4)14(22)10-15(13)31-17-11-24-21(26-19(17)20(23)28)25-18(27)7-5-6-8-29-3/h9-12H,5-8H2,1-4H3,(H2,23,28)(H,24,25,26,27). The van der Waals surface area contributed by atoms with Gasteiger partial charge in [-0.1, -0.05) is 13.8 Å². The molecule has 3 N–H and O–H groups in total. The molecule has 2 aromatic rings. The number of unbranched alkanes of at least 4 members (excludes halogenated alkanes) is 1. The van der Waals surface area contributed by atoms with E-state index in [2.05, 4.69) is 37.9 Å². The Hall–Kier alpha value is -2.47. The monoisotopic (exact) mass is 542 g/mol. The molecule has 31 heavy (non-hydrogen) atoms. The molecular formula is C21H27IN4O5. The second-order valence-corrected chi connectivity index (χ2v) is 8.21. The van der Waals surface area contributed by atoms with E-state index >= 15 is 0 Å². The molecule has 2 amide bonds. The van der Waals surface area contributed by atoms with Gasteiger partial charge >= 0.3 is 0 Å². The summed E-state index contributed by atoms with van der Waals surface area (Å²) in [4.78, 5) is 32.2. The summed E-state index contributed by atoms with van der Waals surface area (Å²) in [5.41, 5.74) is 6.27. The topological polar surface area (TPSA) is 126 Å². The number of anilines is 1. The van der Waals surface area contributed by atoms with E-state index in [1.165, 1.54) is 6.20 Å².